The number of rotatable bonds is 4. The molecule has 2 bridgehead atoms. The van der Waals surface area contributed by atoms with Crippen LogP contribution in [0.15, 0.2) is 34.9 Å². The van der Waals surface area contributed by atoms with Crippen molar-refractivity contribution in [2.24, 2.45) is 16.7 Å². The van der Waals surface area contributed by atoms with E-state index in [4.69, 9.17) is 0 Å². The van der Waals surface area contributed by atoms with Gasteiger partial charge in [-0.15, -0.1) is 4.83 Å². The van der Waals surface area contributed by atoms with Gasteiger partial charge in [0, 0.05) is 11.1 Å². The zero-order chi connectivity index (χ0) is 17.0. The summed E-state index contributed by atoms with van der Waals surface area (Å²) in [6, 6.07) is 5.37. The highest BCUT2D eigenvalue weighted by atomic mass is 32.2. The van der Waals surface area contributed by atoms with Crippen LogP contribution in [-0.2, 0) is 10.0 Å². The number of hydrazine groups is 1. The summed E-state index contributed by atoms with van der Waals surface area (Å²) in [5.41, 5.74) is 6.00. The Bertz CT molecular complexity index is 780. The van der Waals surface area contributed by atoms with Crippen LogP contribution in [-0.4, -0.2) is 8.42 Å². The van der Waals surface area contributed by atoms with Gasteiger partial charge in [-0.3, -0.25) is 0 Å². The lowest BCUT2D eigenvalue weighted by molar-refractivity contribution is 0.163. The van der Waals surface area contributed by atoms with E-state index in [-0.39, 0.29) is 10.8 Å². The summed E-state index contributed by atoms with van der Waals surface area (Å²) < 4.78 is 25.2. The normalized spacial score (nSPS) is 28.7. The molecule has 2 N–H and O–H groups in total. The highest BCUT2D eigenvalue weighted by Gasteiger charge is 2.57. The van der Waals surface area contributed by atoms with Crippen LogP contribution < -0.4 is 10.3 Å². The Morgan fingerprint density at radius 3 is 2.39 bits per heavy atom. The predicted octanol–water partition coefficient (Wildman–Crippen LogP) is 3.43. The Labute approximate surface area is 139 Å². The molecule has 0 unspecified atom stereocenters. The van der Waals surface area contributed by atoms with Crippen LogP contribution in [0, 0.1) is 30.6 Å². The van der Waals surface area contributed by atoms with E-state index in [1.807, 2.05) is 26.0 Å². The van der Waals surface area contributed by atoms with Crippen LogP contribution in [0.25, 0.3) is 0 Å². The lowest BCUT2D eigenvalue weighted by Crippen LogP contribution is -2.43. The molecule has 0 aliphatic heterocycles. The maximum Gasteiger partial charge on any atom is 0.257 e. The lowest BCUT2D eigenvalue weighted by atomic mass is 9.69. The molecule has 0 radical (unpaired) electrons. The maximum absolute atomic E-state index is 12.6. The second-order valence-corrected chi connectivity index (χ2v) is 9.43. The van der Waals surface area contributed by atoms with Crippen molar-refractivity contribution in [2.45, 2.75) is 52.4 Å². The average Bonchev–Trinajstić information content (AvgIpc) is 2.77. The van der Waals surface area contributed by atoms with Crippen LogP contribution in [0.1, 0.15) is 44.7 Å². The molecule has 0 spiro atoms. The van der Waals surface area contributed by atoms with Crippen LogP contribution in [0.5, 0.6) is 0 Å². The fourth-order valence-corrected chi connectivity index (χ4v) is 5.24. The van der Waals surface area contributed by atoms with Crippen molar-refractivity contribution in [2.75, 3.05) is 0 Å². The lowest BCUT2D eigenvalue weighted by Gasteiger charge is -2.37. The zero-order valence-corrected chi connectivity index (χ0v) is 15.3. The van der Waals surface area contributed by atoms with Gasteiger partial charge in [0.05, 0.1) is 4.90 Å². The van der Waals surface area contributed by atoms with Crippen molar-refractivity contribution in [3.05, 3.63) is 41.1 Å². The molecule has 3 rings (SSSR count). The number of sulfonamides is 1. The van der Waals surface area contributed by atoms with Crippen LogP contribution >= 0.6 is 0 Å². The minimum Gasteiger partial charge on any atom is -0.312 e. The summed E-state index contributed by atoms with van der Waals surface area (Å²) in [6.07, 6.45) is 4.47. The standard InChI is InChI=1S/C18H26N2O2S/c1-12-6-7-15(13(2)10-12)23(21,22)20-19-16-11-14-8-9-18(16,5)17(14,3)4/h6-7,10-11,14,19-20H,8-9H2,1-5H3/t14-,18+/m1/s1. The molecule has 1 aromatic rings. The summed E-state index contributed by atoms with van der Waals surface area (Å²) in [4.78, 5) is 2.90. The molecular weight excluding hydrogens is 308 g/mol. The number of hydrogen-bond acceptors (Lipinski definition) is 3. The molecule has 2 aliphatic carbocycles. The highest BCUT2D eigenvalue weighted by Crippen LogP contribution is 2.64. The van der Waals surface area contributed by atoms with E-state index >= 15 is 0 Å². The molecule has 23 heavy (non-hydrogen) atoms. The third-order valence-electron chi connectivity index (χ3n) is 6.21. The highest BCUT2D eigenvalue weighted by molar-refractivity contribution is 7.89. The first-order valence-electron chi connectivity index (χ1n) is 8.15. The first-order chi connectivity index (χ1) is 10.6. The second-order valence-electron chi connectivity index (χ2n) is 7.78. The van der Waals surface area contributed by atoms with Crippen molar-refractivity contribution >= 4 is 10.0 Å². The smallest absolute Gasteiger partial charge is 0.257 e. The van der Waals surface area contributed by atoms with Gasteiger partial charge in [-0.1, -0.05) is 44.5 Å². The minimum atomic E-state index is -3.58. The third kappa shape index (κ3) is 2.41. The SMILES string of the molecule is Cc1ccc(S(=O)(=O)NNC2=C[C@H]3CC[C@]2(C)C3(C)C)c(C)c1. The first-order valence-corrected chi connectivity index (χ1v) is 9.64. The quantitative estimate of drug-likeness (QED) is 0.830. The predicted molar refractivity (Wildman–Crippen MR) is 92.1 cm³/mol. The molecule has 0 amide bonds. The van der Waals surface area contributed by atoms with Gasteiger partial charge >= 0.3 is 0 Å². The van der Waals surface area contributed by atoms with Crippen LogP contribution in [0.4, 0.5) is 0 Å². The fourth-order valence-electron chi connectivity index (χ4n) is 4.15. The monoisotopic (exact) mass is 334 g/mol. The number of fused-ring (bicyclic) bond motifs is 2. The van der Waals surface area contributed by atoms with Crippen LogP contribution in [0.2, 0.25) is 0 Å². The largest absolute Gasteiger partial charge is 0.312 e. The number of hydrogen-bond donors (Lipinski definition) is 2. The summed E-state index contributed by atoms with van der Waals surface area (Å²) >= 11 is 0. The zero-order valence-electron chi connectivity index (χ0n) is 14.5. The topological polar surface area (TPSA) is 58.2 Å². The molecular formula is C18H26N2O2S. The first kappa shape index (κ1) is 16.5. The van der Waals surface area contributed by atoms with Crippen molar-refractivity contribution in [3.8, 4) is 0 Å². The van der Waals surface area contributed by atoms with Gasteiger partial charge in [0.15, 0.2) is 0 Å². The van der Waals surface area contributed by atoms with E-state index < -0.39 is 10.0 Å². The van der Waals surface area contributed by atoms with Gasteiger partial charge in [0.2, 0.25) is 0 Å². The van der Waals surface area contributed by atoms with E-state index in [9.17, 15) is 8.42 Å². The molecule has 1 fully saturated rings. The molecule has 0 aromatic heterocycles. The van der Waals surface area contributed by atoms with E-state index in [1.54, 1.807) is 6.07 Å². The summed E-state index contributed by atoms with van der Waals surface area (Å²) in [6.45, 7) is 10.5. The average molecular weight is 334 g/mol. The fraction of sp³-hybridized carbons (Fsp3) is 0.556. The van der Waals surface area contributed by atoms with Gasteiger partial charge in [-0.25, -0.2) is 8.42 Å². The van der Waals surface area contributed by atoms with E-state index in [0.717, 1.165) is 23.2 Å². The minimum absolute atomic E-state index is 0.00249. The van der Waals surface area contributed by atoms with E-state index in [0.29, 0.717) is 10.8 Å². The van der Waals surface area contributed by atoms with Gasteiger partial charge < -0.3 is 5.43 Å². The van der Waals surface area contributed by atoms with Gasteiger partial charge in [0.1, 0.15) is 0 Å². The summed E-state index contributed by atoms with van der Waals surface area (Å²) in [5, 5.41) is 0. The van der Waals surface area contributed by atoms with Crippen molar-refractivity contribution in [3.63, 3.8) is 0 Å². The molecule has 2 aliphatic rings. The summed E-state index contributed by atoms with van der Waals surface area (Å²) in [7, 11) is -3.58. The Kier molecular flexibility index (Phi) is 3.65. The number of nitrogens with one attached hydrogen (secondary N) is 2. The number of aryl methyl sites for hydroxylation is 2. The Morgan fingerprint density at radius 1 is 1.17 bits per heavy atom. The van der Waals surface area contributed by atoms with Crippen molar-refractivity contribution in [1.82, 2.24) is 10.3 Å². The maximum atomic E-state index is 12.6. The second kappa shape index (κ2) is 5.08. The van der Waals surface area contributed by atoms with Crippen molar-refractivity contribution in [1.29, 1.82) is 0 Å². The molecule has 2 atom stereocenters. The number of allylic oxidation sites excluding steroid dienone is 2. The van der Waals surface area contributed by atoms with Gasteiger partial charge in [-0.2, -0.15) is 0 Å². The van der Waals surface area contributed by atoms with Crippen molar-refractivity contribution < 1.29 is 8.42 Å². The third-order valence-corrected chi connectivity index (χ3v) is 7.61. The van der Waals surface area contributed by atoms with Gasteiger partial charge in [0.25, 0.3) is 10.0 Å². The Balaban J connectivity index is 1.80. The van der Waals surface area contributed by atoms with Gasteiger partial charge in [-0.05, 0) is 49.7 Å². The van der Waals surface area contributed by atoms with E-state index in [1.165, 1.54) is 6.42 Å². The van der Waals surface area contributed by atoms with E-state index in [2.05, 4.69) is 37.1 Å². The molecule has 4 nitrogen and oxygen atoms in total. The number of benzene rings is 1. The molecule has 5 heteroatoms. The molecule has 126 valence electrons. The molecule has 0 heterocycles. The molecule has 1 aromatic carbocycles. The summed E-state index contributed by atoms with van der Waals surface area (Å²) in [5.74, 6) is 0.514. The van der Waals surface area contributed by atoms with Crippen LogP contribution in [0.3, 0.4) is 0 Å². The Morgan fingerprint density at radius 2 is 1.87 bits per heavy atom. The molecule has 0 saturated heterocycles. The Hall–Kier alpha value is -1.33. The molecule has 1 saturated carbocycles.